The average Bonchev–Trinajstić information content (AvgIpc) is 2.39. The van der Waals surface area contributed by atoms with Gasteiger partial charge in [0.05, 0.1) is 31.2 Å². The number of ether oxygens (including phenoxy) is 3. The fraction of sp³-hybridized carbons (Fsp3) is 0.533. The highest BCUT2D eigenvalue weighted by Gasteiger charge is 2.35. The quantitative estimate of drug-likeness (QED) is 0.624. The van der Waals surface area contributed by atoms with E-state index in [1.807, 2.05) is 0 Å². The van der Waals surface area contributed by atoms with E-state index in [2.05, 4.69) is 0 Å². The molecule has 1 heterocycles. The van der Waals surface area contributed by atoms with Crippen LogP contribution in [0.15, 0.2) is 18.2 Å². The molecule has 8 heteroatoms. The number of nitrogens with zero attached hydrogens (tertiary/aromatic N) is 2. The zero-order valence-corrected chi connectivity index (χ0v) is 13.6. The van der Waals surface area contributed by atoms with Crippen LogP contribution in [0.5, 0.6) is 11.5 Å². The summed E-state index contributed by atoms with van der Waals surface area (Å²) in [5.41, 5.74) is -0.629. The summed E-state index contributed by atoms with van der Waals surface area (Å²) >= 11 is 0. The van der Waals surface area contributed by atoms with Gasteiger partial charge in [-0.05, 0) is 26.8 Å². The predicted molar refractivity (Wildman–Crippen MR) is 81.9 cm³/mol. The molecule has 0 spiro atoms. The van der Waals surface area contributed by atoms with E-state index in [0.29, 0.717) is 18.8 Å². The molecule has 1 aliphatic heterocycles. The topological polar surface area (TPSA) is 91.1 Å². The maximum Gasteiger partial charge on any atom is 0.410 e. The normalized spacial score (nSPS) is 14.9. The minimum atomic E-state index is -0.549. The molecule has 0 atom stereocenters. The highest BCUT2D eigenvalue weighted by molar-refractivity contribution is 5.69. The molecule has 126 valence electrons. The first kappa shape index (κ1) is 16.9. The molecule has 1 aromatic carbocycles. The lowest BCUT2D eigenvalue weighted by atomic mass is 10.1. The van der Waals surface area contributed by atoms with Crippen LogP contribution in [0.3, 0.4) is 0 Å². The molecular formula is C15H20N2O6. The number of carbonyl (C=O) groups is 1. The molecule has 0 unspecified atom stereocenters. The number of benzene rings is 1. The molecule has 0 radical (unpaired) electrons. The van der Waals surface area contributed by atoms with Gasteiger partial charge in [-0.15, -0.1) is 0 Å². The summed E-state index contributed by atoms with van der Waals surface area (Å²) in [5, 5.41) is 10.8. The second kappa shape index (κ2) is 6.31. The van der Waals surface area contributed by atoms with Crippen molar-refractivity contribution in [3.05, 3.63) is 28.3 Å². The number of nitro benzene ring substituents is 1. The number of hydrogen-bond donors (Lipinski definition) is 0. The number of carbonyl (C=O) groups excluding carboxylic acids is 1. The summed E-state index contributed by atoms with van der Waals surface area (Å²) in [6, 6.07) is 4.15. The molecule has 2 rings (SSSR count). The van der Waals surface area contributed by atoms with E-state index >= 15 is 0 Å². The third-order valence-electron chi connectivity index (χ3n) is 3.15. The Morgan fingerprint density at radius 2 is 1.96 bits per heavy atom. The molecule has 1 amide bonds. The van der Waals surface area contributed by atoms with Gasteiger partial charge in [0.2, 0.25) is 0 Å². The first-order valence-corrected chi connectivity index (χ1v) is 7.16. The maximum atomic E-state index is 11.8. The molecule has 0 aliphatic carbocycles. The van der Waals surface area contributed by atoms with Crippen molar-refractivity contribution in [3.63, 3.8) is 0 Å². The third kappa shape index (κ3) is 4.24. The molecule has 0 aromatic heterocycles. The lowest BCUT2D eigenvalue weighted by Crippen LogP contribution is -2.57. The van der Waals surface area contributed by atoms with Crippen molar-refractivity contribution in [3.8, 4) is 11.5 Å². The molecule has 0 N–H and O–H groups in total. The van der Waals surface area contributed by atoms with Crippen LogP contribution in [0.4, 0.5) is 10.5 Å². The number of nitro groups is 1. The van der Waals surface area contributed by atoms with Crippen LogP contribution in [0.25, 0.3) is 0 Å². The highest BCUT2D eigenvalue weighted by atomic mass is 16.6. The maximum absolute atomic E-state index is 11.8. The number of non-ortho nitro benzene ring substituents is 1. The van der Waals surface area contributed by atoms with Crippen molar-refractivity contribution in [1.82, 2.24) is 4.90 Å². The van der Waals surface area contributed by atoms with Crippen LogP contribution in [0.1, 0.15) is 20.8 Å². The Labute approximate surface area is 134 Å². The second-order valence-corrected chi connectivity index (χ2v) is 6.22. The van der Waals surface area contributed by atoms with Gasteiger partial charge >= 0.3 is 6.09 Å². The number of amides is 1. The van der Waals surface area contributed by atoms with E-state index in [-0.39, 0.29) is 17.5 Å². The van der Waals surface area contributed by atoms with Crippen molar-refractivity contribution < 1.29 is 23.9 Å². The Morgan fingerprint density at radius 3 is 2.48 bits per heavy atom. The predicted octanol–water partition coefficient (Wildman–Crippen LogP) is 2.60. The van der Waals surface area contributed by atoms with Gasteiger partial charge in [-0.2, -0.15) is 0 Å². The number of hydrogen-bond acceptors (Lipinski definition) is 6. The van der Waals surface area contributed by atoms with E-state index < -0.39 is 16.6 Å². The molecule has 1 aliphatic rings. The number of rotatable bonds is 4. The fourth-order valence-corrected chi connectivity index (χ4v) is 2.04. The van der Waals surface area contributed by atoms with E-state index in [1.165, 1.54) is 30.2 Å². The highest BCUT2D eigenvalue weighted by Crippen LogP contribution is 2.33. The van der Waals surface area contributed by atoms with Crippen LogP contribution < -0.4 is 9.47 Å². The summed E-state index contributed by atoms with van der Waals surface area (Å²) in [7, 11) is 1.46. The SMILES string of the molecule is COc1ccc([N+](=O)[O-])cc1OC1CN(C(=O)OC(C)(C)C)C1. The van der Waals surface area contributed by atoms with Gasteiger partial charge in [-0.25, -0.2) is 4.79 Å². The molecular weight excluding hydrogens is 304 g/mol. The van der Waals surface area contributed by atoms with E-state index in [9.17, 15) is 14.9 Å². The summed E-state index contributed by atoms with van der Waals surface area (Å²) in [5.74, 6) is 0.696. The zero-order chi connectivity index (χ0) is 17.2. The Hall–Kier alpha value is -2.51. The van der Waals surface area contributed by atoms with Gasteiger partial charge in [0.25, 0.3) is 5.69 Å². The molecule has 0 bridgehead atoms. The largest absolute Gasteiger partial charge is 0.493 e. The molecule has 1 saturated heterocycles. The van der Waals surface area contributed by atoms with Crippen molar-refractivity contribution in [1.29, 1.82) is 0 Å². The molecule has 23 heavy (non-hydrogen) atoms. The lowest BCUT2D eigenvalue weighted by Gasteiger charge is -2.39. The van der Waals surface area contributed by atoms with Crippen molar-refractivity contribution in [2.45, 2.75) is 32.5 Å². The summed E-state index contributed by atoms with van der Waals surface area (Å²) in [6.07, 6.45) is -0.651. The van der Waals surface area contributed by atoms with Gasteiger partial charge < -0.3 is 19.1 Å². The van der Waals surface area contributed by atoms with Gasteiger partial charge in [-0.3, -0.25) is 10.1 Å². The van der Waals surface area contributed by atoms with Crippen molar-refractivity contribution in [2.75, 3.05) is 20.2 Å². The Kier molecular flexibility index (Phi) is 4.63. The molecule has 8 nitrogen and oxygen atoms in total. The fourth-order valence-electron chi connectivity index (χ4n) is 2.04. The Balaban J connectivity index is 1.96. The van der Waals surface area contributed by atoms with E-state index in [1.54, 1.807) is 20.8 Å². The van der Waals surface area contributed by atoms with Crippen LogP contribution in [-0.2, 0) is 4.74 Å². The molecule has 1 fully saturated rings. The third-order valence-corrected chi connectivity index (χ3v) is 3.15. The second-order valence-electron chi connectivity index (χ2n) is 6.22. The molecule has 0 saturated carbocycles. The first-order valence-electron chi connectivity index (χ1n) is 7.16. The van der Waals surface area contributed by atoms with Crippen LogP contribution in [-0.4, -0.2) is 47.8 Å². The van der Waals surface area contributed by atoms with Crippen LogP contribution in [0.2, 0.25) is 0 Å². The van der Waals surface area contributed by atoms with E-state index in [0.717, 1.165) is 0 Å². The first-order chi connectivity index (χ1) is 10.7. The van der Waals surface area contributed by atoms with Gasteiger partial charge in [0.15, 0.2) is 11.5 Å². The summed E-state index contributed by atoms with van der Waals surface area (Å²) < 4.78 is 16.1. The summed E-state index contributed by atoms with van der Waals surface area (Å²) in [4.78, 5) is 23.7. The standard InChI is InChI=1S/C15H20N2O6/c1-15(2,3)23-14(18)16-8-11(9-16)22-13-7-10(17(19)20)5-6-12(13)21-4/h5-7,11H,8-9H2,1-4H3. The van der Waals surface area contributed by atoms with Crippen LogP contribution >= 0.6 is 0 Å². The molecule has 1 aromatic rings. The van der Waals surface area contributed by atoms with Gasteiger partial charge in [0.1, 0.15) is 11.7 Å². The minimum absolute atomic E-state index is 0.0795. The smallest absolute Gasteiger partial charge is 0.410 e. The average molecular weight is 324 g/mol. The van der Waals surface area contributed by atoms with Crippen molar-refractivity contribution in [2.24, 2.45) is 0 Å². The zero-order valence-electron chi connectivity index (χ0n) is 13.6. The minimum Gasteiger partial charge on any atom is -0.493 e. The van der Waals surface area contributed by atoms with E-state index in [4.69, 9.17) is 14.2 Å². The Morgan fingerprint density at radius 1 is 1.30 bits per heavy atom. The van der Waals surface area contributed by atoms with Crippen LogP contribution in [0, 0.1) is 10.1 Å². The summed E-state index contributed by atoms with van der Waals surface area (Å²) in [6.45, 7) is 6.12. The number of likely N-dealkylation sites (tertiary alicyclic amines) is 1. The van der Waals surface area contributed by atoms with Gasteiger partial charge in [-0.1, -0.05) is 0 Å². The Bertz CT molecular complexity index is 604. The van der Waals surface area contributed by atoms with Crippen molar-refractivity contribution >= 4 is 11.8 Å². The lowest BCUT2D eigenvalue weighted by molar-refractivity contribution is -0.385. The number of methoxy groups -OCH3 is 1. The van der Waals surface area contributed by atoms with Gasteiger partial charge in [0, 0.05) is 6.07 Å². The monoisotopic (exact) mass is 324 g/mol.